The number of hydrogen-bond acceptors (Lipinski definition) is 5. The van der Waals surface area contributed by atoms with Gasteiger partial charge in [-0.25, -0.2) is 0 Å². The number of nitrogens with zero attached hydrogens (tertiary/aromatic N) is 1. The van der Waals surface area contributed by atoms with E-state index in [-0.39, 0.29) is 6.61 Å². The lowest BCUT2D eigenvalue weighted by Gasteiger charge is -2.20. The van der Waals surface area contributed by atoms with Crippen LogP contribution in [0.5, 0.6) is 0 Å². The number of rotatable bonds is 7. The summed E-state index contributed by atoms with van der Waals surface area (Å²) >= 11 is 0. The fraction of sp³-hybridized carbons (Fsp3) is 0.429. The molecular formula is C14H17NO5. The molecule has 0 N–H and O–H groups in total. The van der Waals surface area contributed by atoms with Crippen molar-refractivity contribution in [2.75, 3.05) is 13.2 Å². The number of Topliss-reactive ketones (excluding diaryl/α,β-unsaturated/α-hetero) is 1. The van der Waals surface area contributed by atoms with Gasteiger partial charge in [-0.05, 0) is 19.4 Å². The minimum Gasteiger partial charge on any atom is -0.465 e. The van der Waals surface area contributed by atoms with Gasteiger partial charge < -0.3 is 4.74 Å². The zero-order valence-corrected chi connectivity index (χ0v) is 11.4. The standard InChI is InChI=1S/C14H17NO5/c1-3-20-14(17)13(10(2)16)12(9-15(18)19)11-7-5-4-6-8-11/h4-8,12-13H,3,9H2,1-2H3/t12-,13+/m0/s1. The predicted octanol–water partition coefficient (Wildman–Crippen LogP) is 1.82. The lowest BCUT2D eigenvalue weighted by atomic mass is 9.83. The highest BCUT2D eigenvalue weighted by molar-refractivity contribution is 5.98. The maximum Gasteiger partial charge on any atom is 0.317 e. The third-order valence-corrected chi connectivity index (χ3v) is 2.95. The number of ether oxygens (including phenoxy) is 1. The Labute approximate surface area is 116 Å². The predicted molar refractivity (Wildman–Crippen MR) is 71.8 cm³/mol. The zero-order chi connectivity index (χ0) is 15.1. The molecular weight excluding hydrogens is 262 g/mol. The van der Waals surface area contributed by atoms with Crippen molar-refractivity contribution >= 4 is 11.8 Å². The summed E-state index contributed by atoms with van der Waals surface area (Å²) in [5.74, 6) is -3.11. The van der Waals surface area contributed by atoms with Crippen LogP contribution in [0.1, 0.15) is 25.3 Å². The molecule has 0 unspecified atom stereocenters. The molecule has 0 aromatic heterocycles. The molecule has 0 aliphatic rings. The molecule has 1 aromatic rings. The quantitative estimate of drug-likeness (QED) is 0.329. The van der Waals surface area contributed by atoms with E-state index in [2.05, 4.69) is 0 Å². The molecule has 0 fully saturated rings. The van der Waals surface area contributed by atoms with Crippen LogP contribution in [0.4, 0.5) is 0 Å². The molecule has 0 aliphatic heterocycles. The Balaban J connectivity index is 3.15. The van der Waals surface area contributed by atoms with Crippen LogP contribution in [-0.4, -0.2) is 29.8 Å². The second-order valence-corrected chi connectivity index (χ2v) is 4.37. The van der Waals surface area contributed by atoms with E-state index in [1.165, 1.54) is 6.92 Å². The number of nitro groups is 1. The van der Waals surface area contributed by atoms with Gasteiger partial charge in [0.25, 0.3) is 0 Å². The Hall–Kier alpha value is -2.24. The minimum absolute atomic E-state index is 0.128. The molecule has 1 aromatic carbocycles. The second kappa shape index (κ2) is 7.37. The molecule has 6 nitrogen and oxygen atoms in total. The first-order valence-corrected chi connectivity index (χ1v) is 6.31. The molecule has 20 heavy (non-hydrogen) atoms. The maximum absolute atomic E-state index is 11.9. The van der Waals surface area contributed by atoms with Crippen LogP contribution in [0.15, 0.2) is 30.3 Å². The molecule has 0 radical (unpaired) electrons. The lowest BCUT2D eigenvalue weighted by Crippen LogP contribution is -2.34. The van der Waals surface area contributed by atoms with E-state index >= 15 is 0 Å². The Morgan fingerprint density at radius 3 is 2.35 bits per heavy atom. The Morgan fingerprint density at radius 1 is 1.30 bits per heavy atom. The Kier molecular flexibility index (Phi) is 5.83. The van der Waals surface area contributed by atoms with Crippen molar-refractivity contribution in [2.24, 2.45) is 5.92 Å². The molecule has 0 saturated heterocycles. The first-order chi connectivity index (χ1) is 9.47. The van der Waals surface area contributed by atoms with Gasteiger partial charge in [-0.1, -0.05) is 30.3 Å². The van der Waals surface area contributed by atoms with E-state index in [4.69, 9.17) is 4.74 Å². The van der Waals surface area contributed by atoms with Gasteiger partial charge in [0.05, 0.1) is 12.5 Å². The van der Waals surface area contributed by atoms with Crippen molar-refractivity contribution in [1.29, 1.82) is 0 Å². The number of hydrogen-bond donors (Lipinski definition) is 0. The fourth-order valence-corrected chi connectivity index (χ4v) is 2.11. The van der Waals surface area contributed by atoms with Crippen LogP contribution in [-0.2, 0) is 14.3 Å². The first kappa shape index (κ1) is 15.8. The molecule has 1 rings (SSSR count). The molecule has 108 valence electrons. The van der Waals surface area contributed by atoms with Crippen molar-refractivity contribution in [1.82, 2.24) is 0 Å². The van der Waals surface area contributed by atoms with Crippen LogP contribution in [0.2, 0.25) is 0 Å². The summed E-state index contributed by atoms with van der Waals surface area (Å²) in [6.07, 6.45) is 0. The van der Waals surface area contributed by atoms with Gasteiger partial charge in [-0.15, -0.1) is 0 Å². The number of ketones is 1. The maximum atomic E-state index is 11.9. The van der Waals surface area contributed by atoms with Crippen LogP contribution < -0.4 is 0 Å². The van der Waals surface area contributed by atoms with E-state index < -0.39 is 35.1 Å². The molecule has 2 atom stereocenters. The molecule has 0 spiro atoms. The molecule has 6 heteroatoms. The van der Waals surface area contributed by atoms with Crippen molar-refractivity contribution in [2.45, 2.75) is 19.8 Å². The van der Waals surface area contributed by atoms with Gasteiger partial charge in [-0.2, -0.15) is 0 Å². The second-order valence-electron chi connectivity index (χ2n) is 4.37. The minimum atomic E-state index is -1.15. The summed E-state index contributed by atoms with van der Waals surface area (Å²) < 4.78 is 4.87. The molecule has 0 amide bonds. The highest BCUT2D eigenvalue weighted by Crippen LogP contribution is 2.27. The van der Waals surface area contributed by atoms with Gasteiger partial charge in [-0.3, -0.25) is 19.7 Å². The third kappa shape index (κ3) is 4.15. The number of esters is 1. The molecule has 0 bridgehead atoms. The van der Waals surface area contributed by atoms with E-state index in [1.807, 2.05) is 0 Å². The van der Waals surface area contributed by atoms with E-state index in [1.54, 1.807) is 37.3 Å². The smallest absolute Gasteiger partial charge is 0.317 e. The summed E-state index contributed by atoms with van der Waals surface area (Å²) in [5, 5.41) is 10.8. The fourth-order valence-electron chi connectivity index (χ4n) is 2.11. The summed E-state index contributed by atoms with van der Waals surface area (Å²) in [6, 6.07) is 8.53. The number of carbonyl (C=O) groups is 2. The van der Waals surface area contributed by atoms with Gasteiger partial charge in [0.2, 0.25) is 6.54 Å². The largest absolute Gasteiger partial charge is 0.465 e. The Morgan fingerprint density at radius 2 is 1.90 bits per heavy atom. The lowest BCUT2D eigenvalue weighted by molar-refractivity contribution is -0.484. The Bertz CT molecular complexity index is 486. The number of benzene rings is 1. The number of carbonyl (C=O) groups excluding carboxylic acids is 2. The SMILES string of the molecule is CCOC(=O)[C@H](C(C)=O)[C@@H](C[N+](=O)[O-])c1ccccc1. The summed E-state index contributed by atoms with van der Waals surface area (Å²) in [7, 11) is 0. The molecule has 0 saturated carbocycles. The third-order valence-electron chi connectivity index (χ3n) is 2.95. The van der Waals surface area contributed by atoms with Crippen molar-refractivity contribution in [3.63, 3.8) is 0 Å². The first-order valence-electron chi connectivity index (χ1n) is 6.31. The van der Waals surface area contributed by atoms with E-state index in [0.29, 0.717) is 5.56 Å². The van der Waals surface area contributed by atoms with Gasteiger partial charge >= 0.3 is 5.97 Å². The van der Waals surface area contributed by atoms with Crippen LogP contribution >= 0.6 is 0 Å². The summed E-state index contributed by atoms with van der Waals surface area (Å²) in [5.41, 5.74) is 0.581. The van der Waals surface area contributed by atoms with Crippen molar-refractivity contribution < 1.29 is 19.2 Å². The average molecular weight is 279 g/mol. The average Bonchev–Trinajstić information content (AvgIpc) is 2.38. The van der Waals surface area contributed by atoms with E-state index in [9.17, 15) is 19.7 Å². The normalized spacial score (nSPS) is 13.3. The van der Waals surface area contributed by atoms with Gasteiger partial charge in [0, 0.05) is 4.92 Å². The molecule has 0 aliphatic carbocycles. The highest BCUT2D eigenvalue weighted by Gasteiger charge is 2.37. The summed E-state index contributed by atoms with van der Waals surface area (Å²) in [6.45, 7) is 2.51. The van der Waals surface area contributed by atoms with Crippen molar-refractivity contribution in [3.8, 4) is 0 Å². The topological polar surface area (TPSA) is 86.5 Å². The summed E-state index contributed by atoms with van der Waals surface area (Å²) in [4.78, 5) is 34.0. The van der Waals surface area contributed by atoms with Crippen LogP contribution in [0.25, 0.3) is 0 Å². The highest BCUT2D eigenvalue weighted by atomic mass is 16.6. The van der Waals surface area contributed by atoms with Crippen LogP contribution in [0.3, 0.4) is 0 Å². The zero-order valence-electron chi connectivity index (χ0n) is 11.4. The monoisotopic (exact) mass is 279 g/mol. The van der Waals surface area contributed by atoms with Crippen LogP contribution in [0, 0.1) is 16.0 Å². The van der Waals surface area contributed by atoms with E-state index in [0.717, 1.165) is 0 Å². The van der Waals surface area contributed by atoms with Gasteiger partial charge in [0.1, 0.15) is 11.7 Å². The van der Waals surface area contributed by atoms with Gasteiger partial charge in [0.15, 0.2) is 0 Å². The molecule has 0 heterocycles. The van der Waals surface area contributed by atoms with Crippen molar-refractivity contribution in [3.05, 3.63) is 46.0 Å².